The van der Waals surface area contributed by atoms with Gasteiger partial charge in [0.2, 0.25) is 5.91 Å². The van der Waals surface area contributed by atoms with Crippen molar-refractivity contribution in [1.29, 1.82) is 0 Å². The normalized spacial score (nSPS) is 20.6. The van der Waals surface area contributed by atoms with Crippen molar-refractivity contribution < 1.29 is 4.79 Å². The molecule has 1 amide bonds. The summed E-state index contributed by atoms with van der Waals surface area (Å²) in [4.78, 5) is 17.8. The molecular formula is C14H20N2OS. The Morgan fingerprint density at radius 1 is 1.50 bits per heavy atom. The van der Waals surface area contributed by atoms with E-state index < -0.39 is 0 Å². The van der Waals surface area contributed by atoms with Crippen molar-refractivity contribution >= 4 is 17.2 Å². The molecule has 0 unspecified atom stereocenters. The standard InChI is InChI=1S/C14H20N2OS/c1-2-3-14(17)16-9-12(10-16)15-6-4-13-11(8-15)5-7-18-13/h5,7,12H,2-4,6,8-10H2,1H3. The van der Waals surface area contributed by atoms with Crippen molar-refractivity contribution in [3.63, 3.8) is 0 Å². The Hall–Kier alpha value is -0.870. The molecule has 0 radical (unpaired) electrons. The van der Waals surface area contributed by atoms with Gasteiger partial charge < -0.3 is 4.90 Å². The summed E-state index contributed by atoms with van der Waals surface area (Å²) < 4.78 is 0. The number of amides is 1. The van der Waals surface area contributed by atoms with Crippen molar-refractivity contribution in [3.8, 4) is 0 Å². The van der Waals surface area contributed by atoms with Crippen LogP contribution >= 0.6 is 11.3 Å². The second kappa shape index (κ2) is 5.02. The SMILES string of the molecule is CCCC(=O)N1CC(N2CCc3sccc3C2)C1. The molecule has 1 aromatic rings. The first-order valence-electron chi connectivity index (χ1n) is 6.85. The molecule has 1 aromatic heterocycles. The molecule has 3 rings (SSSR count). The molecule has 0 bridgehead atoms. The van der Waals surface area contributed by atoms with Gasteiger partial charge in [-0.1, -0.05) is 6.92 Å². The van der Waals surface area contributed by atoms with Gasteiger partial charge in [0.05, 0.1) is 0 Å². The number of carbonyl (C=O) groups excluding carboxylic acids is 1. The minimum atomic E-state index is 0.335. The largest absolute Gasteiger partial charge is 0.339 e. The van der Waals surface area contributed by atoms with Gasteiger partial charge in [0, 0.05) is 43.5 Å². The van der Waals surface area contributed by atoms with Crippen molar-refractivity contribution in [1.82, 2.24) is 9.80 Å². The maximum Gasteiger partial charge on any atom is 0.222 e. The molecule has 1 fully saturated rings. The van der Waals surface area contributed by atoms with E-state index in [1.54, 1.807) is 4.88 Å². The highest BCUT2D eigenvalue weighted by Gasteiger charge is 2.35. The number of carbonyl (C=O) groups is 1. The highest BCUT2D eigenvalue weighted by Crippen LogP contribution is 2.27. The second-order valence-electron chi connectivity index (χ2n) is 5.29. The Labute approximate surface area is 112 Å². The molecule has 2 aliphatic heterocycles. The lowest BCUT2D eigenvalue weighted by molar-refractivity contribution is -0.139. The minimum absolute atomic E-state index is 0.335. The fourth-order valence-corrected chi connectivity index (χ4v) is 3.73. The predicted octanol–water partition coefficient (Wildman–Crippen LogP) is 2.12. The average Bonchev–Trinajstić information content (AvgIpc) is 2.74. The number of fused-ring (bicyclic) bond motifs is 1. The van der Waals surface area contributed by atoms with Gasteiger partial charge in [-0.3, -0.25) is 9.69 Å². The first-order valence-corrected chi connectivity index (χ1v) is 7.73. The molecule has 0 saturated carbocycles. The van der Waals surface area contributed by atoms with Crippen molar-refractivity contribution in [2.45, 2.75) is 38.8 Å². The average molecular weight is 264 g/mol. The van der Waals surface area contributed by atoms with Gasteiger partial charge in [-0.15, -0.1) is 11.3 Å². The van der Waals surface area contributed by atoms with Gasteiger partial charge in [0.25, 0.3) is 0 Å². The van der Waals surface area contributed by atoms with Gasteiger partial charge >= 0.3 is 0 Å². The van der Waals surface area contributed by atoms with E-state index >= 15 is 0 Å². The van der Waals surface area contributed by atoms with Crippen LogP contribution in [-0.4, -0.2) is 41.4 Å². The molecule has 1 saturated heterocycles. The number of hydrogen-bond acceptors (Lipinski definition) is 3. The van der Waals surface area contributed by atoms with Crippen LogP contribution in [0.15, 0.2) is 11.4 Å². The van der Waals surface area contributed by atoms with E-state index in [-0.39, 0.29) is 0 Å². The van der Waals surface area contributed by atoms with Crippen LogP contribution in [0.3, 0.4) is 0 Å². The quantitative estimate of drug-likeness (QED) is 0.835. The third-order valence-corrected chi connectivity index (χ3v) is 5.06. The first kappa shape index (κ1) is 12.2. The predicted molar refractivity (Wildman–Crippen MR) is 73.7 cm³/mol. The molecule has 0 spiro atoms. The zero-order chi connectivity index (χ0) is 12.5. The van der Waals surface area contributed by atoms with Gasteiger partial charge in [0.15, 0.2) is 0 Å². The van der Waals surface area contributed by atoms with Crippen LogP contribution in [0.1, 0.15) is 30.2 Å². The lowest BCUT2D eigenvalue weighted by atomic mass is 10.0. The molecule has 3 nitrogen and oxygen atoms in total. The molecule has 3 heterocycles. The fourth-order valence-electron chi connectivity index (χ4n) is 2.84. The minimum Gasteiger partial charge on any atom is -0.339 e. The Morgan fingerprint density at radius 2 is 2.33 bits per heavy atom. The molecule has 98 valence electrons. The molecule has 0 atom stereocenters. The van der Waals surface area contributed by atoms with Crippen LogP contribution in [0.4, 0.5) is 0 Å². The second-order valence-corrected chi connectivity index (χ2v) is 6.29. The number of thiophene rings is 1. The van der Waals surface area contributed by atoms with E-state index in [0.717, 1.165) is 32.6 Å². The Bertz CT molecular complexity index is 437. The highest BCUT2D eigenvalue weighted by molar-refractivity contribution is 7.10. The lowest BCUT2D eigenvalue weighted by Gasteiger charge is -2.46. The van der Waals surface area contributed by atoms with Crippen LogP contribution in [-0.2, 0) is 17.8 Å². The molecule has 0 N–H and O–H groups in total. The number of hydrogen-bond donors (Lipinski definition) is 0. The van der Waals surface area contributed by atoms with Crippen LogP contribution in [0.5, 0.6) is 0 Å². The van der Waals surface area contributed by atoms with E-state index in [4.69, 9.17) is 0 Å². The van der Waals surface area contributed by atoms with Crippen LogP contribution in [0.25, 0.3) is 0 Å². The zero-order valence-corrected chi connectivity index (χ0v) is 11.7. The maximum atomic E-state index is 11.7. The number of nitrogens with zero attached hydrogens (tertiary/aromatic N) is 2. The first-order chi connectivity index (χ1) is 8.78. The fraction of sp³-hybridized carbons (Fsp3) is 0.643. The number of rotatable bonds is 3. The van der Waals surface area contributed by atoms with E-state index in [9.17, 15) is 4.79 Å². The summed E-state index contributed by atoms with van der Waals surface area (Å²) in [5.74, 6) is 0.335. The summed E-state index contributed by atoms with van der Waals surface area (Å²) in [6.07, 6.45) is 2.86. The third-order valence-electron chi connectivity index (χ3n) is 4.03. The monoisotopic (exact) mass is 264 g/mol. The summed E-state index contributed by atoms with van der Waals surface area (Å²) in [5, 5.41) is 2.20. The summed E-state index contributed by atoms with van der Waals surface area (Å²) in [5.41, 5.74) is 1.50. The summed E-state index contributed by atoms with van der Waals surface area (Å²) in [6.45, 7) is 6.20. The Morgan fingerprint density at radius 3 is 3.11 bits per heavy atom. The topological polar surface area (TPSA) is 23.6 Å². The van der Waals surface area contributed by atoms with E-state index in [1.165, 1.54) is 12.0 Å². The van der Waals surface area contributed by atoms with Crippen LogP contribution in [0, 0.1) is 0 Å². The maximum absolute atomic E-state index is 11.7. The van der Waals surface area contributed by atoms with Gasteiger partial charge in [-0.2, -0.15) is 0 Å². The van der Waals surface area contributed by atoms with Crippen LogP contribution in [0.2, 0.25) is 0 Å². The summed E-state index contributed by atoms with van der Waals surface area (Å²) >= 11 is 1.89. The molecule has 4 heteroatoms. The van der Waals surface area contributed by atoms with Crippen molar-refractivity contribution in [2.75, 3.05) is 19.6 Å². The molecule has 2 aliphatic rings. The number of likely N-dealkylation sites (tertiary alicyclic amines) is 1. The third kappa shape index (κ3) is 2.19. The molecule has 0 aliphatic carbocycles. The van der Waals surface area contributed by atoms with Gasteiger partial charge in [0.1, 0.15) is 0 Å². The van der Waals surface area contributed by atoms with E-state index in [2.05, 4.69) is 23.3 Å². The molecular weight excluding hydrogens is 244 g/mol. The lowest BCUT2D eigenvalue weighted by Crippen LogP contribution is -2.61. The highest BCUT2D eigenvalue weighted by atomic mass is 32.1. The van der Waals surface area contributed by atoms with E-state index in [0.29, 0.717) is 18.4 Å². The van der Waals surface area contributed by atoms with Gasteiger partial charge in [-0.05, 0) is 29.9 Å². The van der Waals surface area contributed by atoms with Gasteiger partial charge in [-0.25, -0.2) is 0 Å². The van der Waals surface area contributed by atoms with Crippen LogP contribution < -0.4 is 0 Å². The van der Waals surface area contributed by atoms with E-state index in [1.807, 2.05) is 16.2 Å². The Kier molecular flexibility index (Phi) is 3.39. The van der Waals surface area contributed by atoms with Crippen molar-refractivity contribution in [3.05, 3.63) is 21.9 Å². The molecule has 0 aromatic carbocycles. The summed E-state index contributed by atoms with van der Waals surface area (Å²) in [6, 6.07) is 2.85. The summed E-state index contributed by atoms with van der Waals surface area (Å²) in [7, 11) is 0. The smallest absolute Gasteiger partial charge is 0.222 e. The Balaban J connectivity index is 1.53. The molecule has 18 heavy (non-hydrogen) atoms. The zero-order valence-electron chi connectivity index (χ0n) is 10.9. The van der Waals surface area contributed by atoms with Crippen molar-refractivity contribution in [2.24, 2.45) is 0 Å².